The highest BCUT2D eigenvalue weighted by Crippen LogP contribution is 2.22. The van der Waals surface area contributed by atoms with E-state index in [1.807, 2.05) is 53.4 Å². The number of carbonyl (C=O) groups excluding carboxylic acids is 2. The fourth-order valence-electron chi connectivity index (χ4n) is 2.77. The van der Waals surface area contributed by atoms with Crippen molar-refractivity contribution in [3.63, 3.8) is 0 Å². The summed E-state index contributed by atoms with van der Waals surface area (Å²) in [4.78, 5) is 28.4. The fourth-order valence-corrected chi connectivity index (χ4v) is 2.77. The zero-order chi connectivity index (χ0) is 17.9. The number of carbonyl (C=O) groups is 2. The van der Waals surface area contributed by atoms with Gasteiger partial charge in [-0.2, -0.15) is 0 Å². The van der Waals surface area contributed by atoms with Gasteiger partial charge in [0.05, 0.1) is 12.1 Å². The van der Waals surface area contributed by atoms with Gasteiger partial charge in [-0.3, -0.25) is 4.79 Å². The average molecular weight is 327 g/mol. The first-order chi connectivity index (χ1) is 10.4. The Morgan fingerprint density at radius 3 is 2.22 bits per heavy atom. The van der Waals surface area contributed by atoms with Crippen LogP contribution in [0.15, 0.2) is 0 Å². The van der Waals surface area contributed by atoms with Gasteiger partial charge < -0.3 is 20.3 Å². The third-order valence-corrected chi connectivity index (χ3v) is 4.02. The van der Waals surface area contributed by atoms with E-state index in [1.165, 1.54) is 0 Å². The molecule has 1 fully saturated rings. The molecule has 6 heteroatoms. The van der Waals surface area contributed by atoms with Crippen LogP contribution >= 0.6 is 0 Å². The lowest BCUT2D eigenvalue weighted by atomic mass is 10.0. The van der Waals surface area contributed by atoms with Gasteiger partial charge in [0.25, 0.3) is 0 Å². The predicted molar refractivity (Wildman–Crippen MR) is 91.0 cm³/mol. The molecule has 0 spiro atoms. The van der Waals surface area contributed by atoms with Crippen LogP contribution in [-0.2, 0) is 9.53 Å². The molecule has 1 saturated heterocycles. The highest BCUT2D eigenvalue weighted by Gasteiger charge is 2.37. The van der Waals surface area contributed by atoms with E-state index in [9.17, 15) is 9.59 Å². The minimum absolute atomic E-state index is 0.000168. The summed E-state index contributed by atoms with van der Waals surface area (Å²) in [6.07, 6.45) is 0.442. The van der Waals surface area contributed by atoms with E-state index in [0.717, 1.165) is 6.42 Å². The Bertz CT molecular complexity index is 429. The highest BCUT2D eigenvalue weighted by atomic mass is 16.6. The maximum Gasteiger partial charge on any atom is 0.410 e. The van der Waals surface area contributed by atoms with Gasteiger partial charge in [0.2, 0.25) is 5.91 Å². The molecule has 0 aromatic carbocycles. The van der Waals surface area contributed by atoms with Crippen molar-refractivity contribution < 1.29 is 14.3 Å². The molecule has 1 unspecified atom stereocenters. The molecule has 23 heavy (non-hydrogen) atoms. The van der Waals surface area contributed by atoms with E-state index in [4.69, 9.17) is 10.5 Å². The quantitative estimate of drug-likeness (QED) is 0.859. The number of ether oxygens (including phenoxy) is 1. The van der Waals surface area contributed by atoms with Crippen LogP contribution < -0.4 is 5.73 Å². The van der Waals surface area contributed by atoms with Gasteiger partial charge in [0, 0.05) is 19.1 Å². The van der Waals surface area contributed by atoms with E-state index in [-0.39, 0.29) is 30.0 Å². The van der Waals surface area contributed by atoms with Crippen molar-refractivity contribution in [2.24, 2.45) is 11.7 Å². The minimum atomic E-state index is -0.511. The Balaban J connectivity index is 2.77. The molecule has 134 valence electrons. The largest absolute Gasteiger partial charge is 0.444 e. The van der Waals surface area contributed by atoms with Crippen LogP contribution in [0.5, 0.6) is 0 Å². The summed E-state index contributed by atoms with van der Waals surface area (Å²) in [6.45, 7) is 14.5. The summed E-state index contributed by atoms with van der Waals surface area (Å²) in [7, 11) is 0. The Morgan fingerprint density at radius 1 is 1.22 bits per heavy atom. The Hall–Kier alpha value is -1.30. The molecule has 0 aromatic rings. The van der Waals surface area contributed by atoms with Crippen LogP contribution in [-0.4, -0.2) is 58.6 Å². The molecule has 1 rings (SSSR count). The number of nitrogens with zero attached hydrogens (tertiary/aromatic N) is 2. The summed E-state index contributed by atoms with van der Waals surface area (Å²) in [6, 6.07) is -0.455. The summed E-state index contributed by atoms with van der Waals surface area (Å²) in [5.74, 6) is 0.0538. The van der Waals surface area contributed by atoms with Crippen LogP contribution in [0.25, 0.3) is 0 Å². The molecule has 0 aromatic heterocycles. The van der Waals surface area contributed by atoms with E-state index in [0.29, 0.717) is 13.1 Å². The lowest BCUT2D eigenvalue weighted by Gasteiger charge is -2.35. The molecular formula is C17H33N3O3. The second-order valence-corrected chi connectivity index (χ2v) is 7.98. The van der Waals surface area contributed by atoms with Gasteiger partial charge in [-0.05, 0) is 47.0 Å². The number of amides is 2. The highest BCUT2D eigenvalue weighted by molar-refractivity contribution is 5.82. The minimum Gasteiger partial charge on any atom is -0.444 e. The predicted octanol–water partition coefficient (Wildman–Crippen LogP) is 2.22. The number of rotatable bonds is 4. The van der Waals surface area contributed by atoms with Crippen molar-refractivity contribution in [2.45, 2.75) is 78.6 Å². The molecule has 0 aliphatic carbocycles. The number of hydrogen-bond acceptors (Lipinski definition) is 4. The van der Waals surface area contributed by atoms with Crippen LogP contribution in [0.2, 0.25) is 0 Å². The molecule has 2 amide bonds. The van der Waals surface area contributed by atoms with Crippen molar-refractivity contribution in [1.29, 1.82) is 0 Å². The number of nitrogens with two attached hydrogens (primary N) is 1. The normalized spacial score (nSPS) is 20.1. The lowest BCUT2D eigenvalue weighted by molar-refractivity contribution is -0.137. The summed E-state index contributed by atoms with van der Waals surface area (Å²) >= 11 is 0. The van der Waals surface area contributed by atoms with Crippen LogP contribution in [0.4, 0.5) is 4.79 Å². The third kappa shape index (κ3) is 5.37. The molecule has 2 N–H and O–H groups in total. The number of likely N-dealkylation sites (tertiary alicyclic amines) is 1. The monoisotopic (exact) mass is 327 g/mol. The van der Waals surface area contributed by atoms with Gasteiger partial charge >= 0.3 is 6.09 Å². The van der Waals surface area contributed by atoms with Crippen molar-refractivity contribution in [3.05, 3.63) is 0 Å². The first-order valence-corrected chi connectivity index (χ1v) is 8.49. The standard InChI is InChI=1S/C17H33N3O3/c1-11(2)14(18)15(21)20(12(3)4)13-8-9-19(10-13)16(22)23-17(5,6)7/h11-14H,8-10,18H2,1-7H3/t13?,14-/m0/s1. The molecular weight excluding hydrogens is 294 g/mol. The smallest absolute Gasteiger partial charge is 0.410 e. The van der Waals surface area contributed by atoms with Crippen LogP contribution in [0.3, 0.4) is 0 Å². The molecule has 0 bridgehead atoms. The second kappa shape index (κ2) is 7.51. The van der Waals surface area contributed by atoms with E-state index in [2.05, 4.69) is 0 Å². The Kier molecular flexibility index (Phi) is 6.45. The van der Waals surface area contributed by atoms with Crippen molar-refractivity contribution in [2.75, 3.05) is 13.1 Å². The zero-order valence-corrected chi connectivity index (χ0v) is 15.6. The molecule has 1 aliphatic heterocycles. The van der Waals surface area contributed by atoms with Gasteiger partial charge in [0.1, 0.15) is 5.60 Å². The second-order valence-electron chi connectivity index (χ2n) is 7.98. The Morgan fingerprint density at radius 2 is 1.78 bits per heavy atom. The van der Waals surface area contributed by atoms with Crippen molar-refractivity contribution in [3.8, 4) is 0 Å². The summed E-state index contributed by atoms with van der Waals surface area (Å²) in [5.41, 5.74) is 5.54. The van der Waals surface area contributed by atoms with Gasteiger partial charge in [-0.1, -0.05) is 13.8 Å². The van der Waals surface area contributed by atoms with Crippen LogP contribution in [0.1, 0.15) is 54.9 Å². The van der Waals surface area contributed by atoms with Gasteiger partial charge in [-0.25, -0.2) is 4.79 Å². The van der Waals surface area contributed by atoms with E-state index in [1.54, 1.807) is 4.90 Å². The average Bonchev–Trinajstić information content (AvgIpc) is 2.84. The SMILES string of the molecule is CC(C)[C@H](N)C(=O)N(C(C)C)C1CCN(C(=O)OC(C)(C)C)C1. The Labute approximate surface area is 140 Å². The molecule has 1 heterocycles. The summed E-state index contributed by atoms with van der Waals surface area (Å²) in [5, 5.41) is 0. The third-order valence-electron chi connectivity index (χ3n) is 4.02. The molecule has 2 atom stereocenters. The van der Waals surface area contributed by atoms with Crippen molar-refractivity contribution >= 4 is 12.0 Å². The molecule has 1 aliphatic rings. The van der Waals surface area contributed by atoms with Gasteiger partial charge in [-0.15, -0.1) is 0 Å². The lowest BCUT2D eigenvalue weighted by Crippen LogP contribution is -2.54. The maximum atomic E-state index is 12.7. The fraction of sp³-hybridized carbons (Fsp3) is 0.882. The maximum absolute atomic E-state index is 12.7. The van der Waals surface area contributed by atoms with E-state index >= 15 is 0 Å². The number of hydrogen-bond donors (Lipinski definition) is 1. The molecule has 6 nitrogen and oxygen atoms in total. The first-order valence-electron chi connectivity index (χ1n) is 8.49. The zero-order valence-electron chi connectivity index (χ0n) is 15.6. The summed E-state index contributed by atoms with van der Waals surface area (Å²) < 4.78 is 5.42. The topological polar surface area (TPSA) is 75.9 Å². The molecule has 0 radical (unpaired) electrons. The first kappa shape index (κ1) is 19.7. The van der Waals surface area contributed by atoms with Crippen LogP contribution in [0, 0.1) is 5.92 Å². The molecule has 0 saturated carbocycles. The van der Waals surface area contributed by atoms with Crippen molar-refractivity contribution in [1.82, 2.24) is 9.80 Å². The van der Waals surface area contributed by atoms with E-state index < -0.39 is 11.6 Å². The van der Waals surface area contributed by atoms with Gasteiger partial charge in [0.15, 0.2) is 0 Å².